The first-order valence-corrected chi connectivity index (χ1v) is 10.4. The first kappa shape index (κ1) is 18.1. The molecule has 0 aliphatic carbocycles. The molecule has 1 aromatic heterocycles. The molecule has 1 N–H and O–H groups in total. The fourth-order valence-corrected chi connectivity index (χ4v) is 4.21. The van der Waals surface area contributed by atoms with E-state index < -0.39 is 0 Å². The van der Waals surface area contributed by atoms with Crippen molar-refractivity contribution in [3.63, 3.8) is 0 Å². The van der Waals surface area contributed by atoms with Crippen molar-refractivity contribution < 1.29 is 4.79 Å². The number of nitrogens with zero attached hydrogens (tertiary/aromatic N) is 2. The molecule has 7 heteroatoms. The fourth-order valence-electron chi connectivity index (χ4n) is 2.98. The molecule has 0 saturated carbocycles. The lowest BCUT2D eigenvalue weighted by Crippen LogP contribution is -2.33. The smallest absolute Gasteiger partial charge is 0.279 e. The Morgan fingerprint density at radius 2 is 2.00 bits per heavy atom. The van der Waals surface area contributed by atoms with Crippen molar-refractivity contribution in [3.05, 3.63) is 45.7 Å². The number of fused-ring (bicyclic) bond motifs is 1. The zero-order chi connectivity index (χ0) is 18.0. The van der Waals surface area contributed by atoms with Crippen LogP contribution in [-0.2, 0) is 11.8 Å². The summed E-state index contributed by atoms with van der Waals surface area (Å²) in [5, 5.41) is 3.52. The topological polar surface area (TPSA) is 64.0 Å². The number of hydrogen-bond donors (Lipinski definition) is 1. The van der Waals surface area contributed by atoms with Crippen molar-refractivity contribution in [2.45, 2.75) is 35.7 Å². The van der Waals surface area contributed by atoms with E-state index in [1.54, 1.807) is 11.8 Å². The van der Waals surface area contributed by atoms with Gasteiger partial charge >= 0.3 is 0 Å². The van der Waals surface area contributed by atoms with Gasteiger partial charge in [0.05, 0.1) is 5.56 Å². The number of benzene rings is 1. The van der Waals surface area contributed by atoms with Crippen LogP contribution in [0.3, 0.4) is 0 Å². The molecule has 1 amide bonds. The minimum absolute atomic E-state index is 0.0703. The monoisotopic (exact) mass is 375 g/mol. The predicted octanol–water partition coefficient (Wildman–Crippen LogP) is 3.48. The number of aromatic nitrogens is 2. The zero-order valence-electron chi connectivity index (χ0n) is 14.5. The van der Waals surface area contributed by atoms with Gasteiger partial charge in [0, 0.05) is 30.0 Å². The third-order valence-electron chi connectivity index (χ3n) is 4.25. The van der Waals surface area contributed by atoms with E-state index in [1.807, 2.05) is 42.1 Å². The molecule has 2 aromatic rings. The largest absolute Gasteiger partial charge is 0.312 e. The Morgan fingerprint density at radius 1 is 1.28 bits per heavy atom. The number of carbonyl (C=O) groups is 1. The molecule has 2 heterocycles. The van der Waals surface area contributed by atoms with E-state index >= 15 is 0 Å². The van der Waals surface area contributed by atoms with Gasteiger partial charge in [-0.2, -0.15) is 4.98 Å². The average molecular weight is 376 g/mol. The number of anilines is 1. The summed E-state index contributed by atoms with van der Waals surface area (Å²) >= 11 is 3.20. The van der Waals surface area contributed by atoms with Crippen molar-refractivity contribution in [1.82, 2.24) is 9.55 Å². The van der Waals surface area contributed by atoms with Crippen molar-refractivity contribution >= 4 is 35.2 Å². The Labute approximate surface area is 155 Å². The third kappa shape index (κ3) is 3.62. The Bertz CT molecular complexity index is 847. The van der Waals surface area contributed by atoms with Gasteiger partial charge in [-0.15, -0.1) is 11.8 Å². The van der Waals surface area contributed by atoms with E-state index in [0.29, 0.717) is 16.5 Å². The highest BCUT2D eigenvalue weighted by Gasteiger charge is 2.32. The van der Waals surface area contributed by atoms with E-state index in [0.717, 1.165) is 22.6 Å². The number of rotatable bonds is 5. The molecule has 3 rings (SSSR count). The first-order valence-electron chi connectivity index (χ1n) is 8.22. The number of carbonyl (C=O) groups excluding carboxylic acids is 1. The minimum atomic E-state index is -0.254. The Hall–Kier alpha value is -1.73. The van der Waals surface area contributed by atoms with Crippen molar-refractivity contribution in [2.75, 3.05) is 17.3 Å². The highest BCUT2D eigenvalue weighted by atomic mass is 32.2. The number of hydrogen-bond acceptors (Lipinski definition) is 5. The molecule has 1 aliphatic rings. The van der Waals surface area contributed by atoms with Crippen molar-refractivity contribution in [1.29, 1.82) is 0 Å². The maximum absolute atomic E-state index is 12.7. The second-order valence-electron chi connectivity index (χ2n) is 5.95. The van der Waals surface area contributed by atoms with Crippen LogP contribution in [-0.4, -0.2) is 27.5 Å². The molecule has 1 atom stereocenters. The third-order valence-corrected chi connectivity index (χ3v) is 6.23. The molecule has 1 aliphatic heterocycles. The van der Waals surface area contributed by atoms with Gasteiger partial charge in [0.15, 0.2) is 5.16 Å². The molecule has 132 valence electrons. The summed E-state index contributed by atoms with van der Waals surface area (Å²) in [6.07, 6.45) is 3.28. The number of amides is 1. The van der Waals surface area contributed by atoms with Crippen LogP contribution in [0, 0.1) is 0 Å². The van der Waals surface area contributed by atoms with Gasteiger partial charge < -0.3 is 9.88 Å². The molecule has 0 saturated heterocycles. The summed E-state index contributed by atoms with van der Waals surface area (Å²) in [7, 11) is 1.85. The summed E-state index contributed by atoms with van der Waals surface area (Å²) in [4.78, 5) is 30.4. The second-order valence-corrected chi connectivity index (χ2v) is 7.89. The van der Waals surface area contributed by atoms with Crippen LogP contribution < -0.4 is 10.9 Å². The van der Waals surface area contributed by atoms with Crippen LogP contribution in [0.15, 0.2) is 39.1 Å². The van der Waals surface area contributed by atoms with Gasteiger partial charge in [-0.05, 0) is 30.4 Å². The molecule has 25 heavy (non-hydrogen) atoms. The molecular weight excluding hydrogens is 354 g/mol. The molecule has 1 unspecified atom stereocenters. The van der Waals surface area contributed by atoms with Crippen LogP contribution >= 0.6 is 23.5 Å². The standard InChI is InChI=1S/C18H21N3O2S2/c1-4-9-25-18-20-17(23)15-13(10-14(22)19-16(15)21(18)2)11-5-7-12(24-3)8-6-11/h5-8,13H,4,9-10H2,1-3H3,(H,19,22). The van der Waals surface area contributed by atoms with E-state index in [1.165, 1.54) is 11.8 Å². The Morgan fingerprint density at radius 3 is 2.64 bits per heavy atom. The van der Waals surface area contributed by atoms with Crippen molar-refractivity contribution in [2.24, 2.45) is 7.05 Å². The SMILES string of the molecule is CCCSc1nc(=O)c2c(n1C)NC(=O)CC2c1ccc(SC)cc1. The molecule has 0 radical (unpaired) electrons. The van der Waals surface area contributed by atoms with Gasteiger partial charge in [-0.25, -0.2) is 0 Å². The summed E-state index contributed by atoms with van der Waals surface area (Å²) in [5.74, 6) is 1.14. The maximum atomic E-state index is 12.7. The van der Waals surface area contributed by atoms with Gasteiger partial charge in [0.25, 0.3) is 5.56 Å². The van der Waals surface area contributed by atoms with Crippen LogP contribution in [0.5, 0.6) is 0 Å². The van der Waals surface area contributed by atoms with Gasteiger partial charge in [-0.1, -0.05) is 30.8 Å². The van der Waals surface area contributed by atoms with Gasteiger partial charge in [0.1, 0.15) is 5.82 Å². The quantitative estimate of drug-likeness (QED) is 0.640. The van der Waals surface area contributed by atoms with Crippen molar-refractivity contribution in [3.8, 4) is 0 Å². The second kappa shape index (κ2) is 7.66. The first-order chi connectivity index (χ1) is 12.0. The fraction of sp³-hybridized carbons (Fsp3) is 0.389. The van der Waals surface area contributed by atoms with Gasteiger partial charge in [0.2, 0.25) is 5.91 Å². The molecule has 0 fully saturated rings. The Balaban J connectivity index is 2.09. The molecular formula is C18H21N3O2S2. The Kier molecular flexibility index (Phi) is 5.54. The summed E-state index contributed by atoms with van der Waals surface area (Å²) in [6, 6.07) is 8.04. The molecule has 0 bridgehead atoms. The molecule has 1 aromatic carbocycles. The predicted molar refractivity (Wildman–Crippen MR) is 104 cm³/mol. The van der Waals surface area contributed by atoms with Crippen LogP contribution in [0.25, 0.3) is 0 Å². The summed E-state index contributed by atoms with van der Waals surface area (Å²) < 4.78 is 1.83. The number of thioether (sulfide) groups is 2. The van der Waals surface area contributed by atoms with Crippen LogP contribution in [0.1, 0.15) is 36.8 Å². The summed E-state index contributed by atoms with van der Waals surface area (Å²) in [6.45, 7) is 2.08. The molecule has 0 spiro atoms. The lowest BCUT2D eigenvalue weighted by molar-refractivity contribution is -0.116. The average Bonchev–Trinajstić information content (AvgIpc) is 2.62. The lowest BCUT2D eigenvalue weighted by atomic mass is 9.87. The van der Waals surface area contributed by atoms with E-state index in [9.17, 15) is 9.59 Å². The zero-order valence-corrected chi connectivity index (χ0v) is 16.2. The summed E-state index contributed by atoms with van der Waals surface area (Å²) in [5.41, 5.74) is 1.31. The molecule has 5 nitrogen and oxygen atoms in total. The van der Waals surface area contributed by atoms with E-state index in [4.69, 9.17) is 0 Å². The normalized spacial score (nSPS) is 16.4. The number of nitrogens with one attached hydrogen (secondary N) is 1. The van der Waals surface area contributed by atoms with Crippen LogP contribution in [0.4, 0.5) is 5.82 Å². The van der Waals surface area contributed by atoms with Gasteiger partial charge in [-0.3, -0.25) is 9.59 Å². The lowest BCUT2D eigenvalue weighted by Gasteiger charge is -2.27. The van der Waals surface area contributed by atoms with Crippen LogP contribution in [0.2, 0.25) is 0 Å². The minimum Gasteiger partial charge on any atom is -0.312 e. The van der Waals surface area contributed by atoms with E-state index in [2.05, 4.69) is 17.2 Å². The highest BCUT2D eigenvalue weighted by molar-refractivity contribution is 7.99. The highest BCUT2D eigenvalue weighted by Crippen LogP contribution is 2.36. The maximum Gasteiger partial charge on any atom is 0.279 e. The van der Waals surface area contributed by atoms with E-state index in [-0.39, 0.29) is 23.8 Å².